The van der Waals surface area contributed by atoms with Crippen molar-refractivity contribution in [2.24, 2.45) is 0 Å². The van der Waals surface area contributed by atoms with E-state index in [1.54, 1.807) is 0 Å². The van der Waals surface area contributed by atoms with Gasteiger partial charge in [-0.3, -0.25) is 0 Å². The lowest BCUT2D eigenvalue weighted by Gasteiger charge is -2.33. The van der Waals surface area contributed by atoms with Crippen LogP contribution in [0, 0.1) is 5.82 Å². The van der Waals surface area contributed by atoms with Gasteiger partial charge in [0.05, 0.1) is 0 Å². The molecule has 0 amide bonds. The molecule has 0 saturated heterocycles. The number of hydrogen-bond acceptors (Lipinski definition) is 2. The molecule has 0 bridgehead atoms. The van der Waals surface area contributed by atoms with Crippen LogP contribution < -0.4 is 0 Å². The van der Waals surface area contributed by atoms with Crippen molar-refractivity contribution in [2.75, 3.05) is 7.05 Å². The topological polar surface area (TPSA) is 37.4 Å². The molecule has 0 radical (unpaired) electrons. The number of rotatable bonds is 3. The highest BCUT2D eigenvalue weighted by molar-refractivity contribution is 9.10. The van der Waals surface area contributed by atoms with Crippen LogP contribution in [0.15, 0.2) is 27.6 Å². The van der Waals surface area contributed by atoms with Crippen LogP contribution in [-0.2, 0) is 10.0 Å². The van der Waals surface area contributed by atoms with Crippen LogP contribution in [0.25, 0.3) is 0 Å². The molecule has 1 aliphatic rings. The molecule has 0 spiro atoms. The zero-order valence-corrected chi connectivity index (χ0v) is 11.8. The predicted molar refractivity (Wildman–Crippen MR) is 66.7 cm³/mol. The maximum Gasteiger partial charge on any atom is 0.245 e. The summed E-state index contributed by atoms with van der Waals surface area (Å²) < 4.78 is 39.8. The van der Waals surface area contributed by atoms with Crippen molar-refractivity contribution in [2.45, 2.75) is 30.2 Å². The van der Waals surface area contributed by atoms with Crippen molar-refractivity contribution in [3.8, 4) is 0 Å². The molecule has 1 fully saturated rings. The molecular weight excluding hydrogens is 309 g/mol. The Kier molecular flexibility index (Phi) is 3.56. The Balaban J connectivity index is 2.36. The summed E-state index contributed by atoms with van der Waals surface area (Å²) in [5.41, 5.74) is 0. The Hall–Kier alpha value is -0.460. The summed E-state index contributed by atoms with van der Waals surface area (Å²) in [5.74, 6) is -0.717. The molecule has 1 aromatic carbocycles. The van der Waals surface area contributed by atoms with Gasteiger partial charge >= 0.3 is 0 Å². The number of sulfonamides is 1. The van der Waals surface area contributed by atoms with E-state index in [9.17, 15) is 12.8 Å². The Morgan fingerprint density at radius 2 is 2.06 bits per heavy atom. The molecule has 0 atom stereocenters. The summed E-state index contributed by atoms with van der Waals surface area (Å²) in [6.45, 7) is 0. The summed E-state index contributed by atoms with van der Waals surface area (Å²) in [4.78, 5) is -0.255. The van der Waals surface area contributed by atoms with E-state index in [1.807, 2.05) is 0 Å². The fraction of sp³-hybridized carbons (Fsp3) is 0.455. The largest absolute Gasteiger partial charge is 0.245 e. The Labute approximate surface area is 109 Å². The van der Waals surface area contributed by atoms with Gasteiger partial charge in [-0.1, -0.05) is 22.4 Å². The third kappa shape index (κ3) is 2.39. The van der Waals surface area contributed by atoms with Crippen molar-refractivity contribution >= 4 is 26.0 Å². The molecule has 0 aliphatic heterocycles. The maximum atomic E-state index is 13.7. The molecule has 3 nitrogen and oxygen atoms in total. The van der Waals surface area contributed by atoms with E-state index in [1.165, 1.54) is 29.6 Å². The third-order valence-electron chi connectivity index (χ3n) is 3.14. The second-order valence-corrected chi connectivity index (χ2v) is 7.06. The summed E-state index contributed by atoms with van der Waals surface area (Å²) >= 11 is 3.11. The van der Waals surface area contributed by atoms with Crippen LogP contribution in [0.2, 0.25) is 0 Å². The lowest BCUT2D eigenvalue weighted by Crippen LogP contribution is -2.41. The van der Waals surface area contributed by atoms with Crippen LogP contribution in [0.3, 0.4) is 0 Å². The summed E-state index contributed by atoms with van der Waals surface area (Å²) in [7, 11) is -2.19. The van der Waals surface area contributed by atoms with E-state index in [2.05, 4.69) is 15.9 Å². The van der Waals surface area contributed by atoms with Gasteiger partial charge in [-0.25, -0.2) is 12.8 Å². The first kappa shape index (κ1) is 13.0. The van der Waals surface area contributed by atoms with Gasteiger partial charge in [0.15, 0.2) is 0 Å². The average molecular weight is 322 g/mol. The molecule has 17 heavy (non-hydrogen) atoms. The van der Waals surface area contributed by atoms with Crippen LogP contribution in [0.4, 0.5) is 4.39 Å². The van der Waals surface area contributed by atoms with Gasteiger partial charge in [0.2, 0.25) is 10.0 Å². The summed E-state index contributed by atoms with van der Waals surface area (Å²) in [5, 5.41) is 0. The fourth-order valence-corrected chi connectivity index (χ4v) is 3.58. The average Bonchev–Trinajstić information content (AvgIpc) is 2.13. The standard InChI is InChI=1S/C11H13BrFNO2S/c1-14(9-3-2-4-9)17(15,16)11-6-5-8(12)7-10(11)13/h5-7,9H,2-4H2,1H3. The number of halogens is 2. The molecule has 0 unspecified atom stereocenters. The number of hydrogen-bond donors (Lipinski definition) is 0. The molecule has 2 rings (SSSR count). The highest BCUT2D eigenvalue weighted by atomic mass is 79.9. The highest BCUT2D eigenvalue weighted by Gasteiger charge is 2.33. The van der Waals surface area contributed by atoms with E-state index in [0.717, 1.165) is 19.3 Å². The Bertz CT molecular complexity index is 528. The lowest BCUT2D eigenvalue weighted by atomic mass is 9.94. The van der Waals surface area contributed by atoms with Crippen molar-refractivity contribution in [3.63, 3.8) is 0 Å². The number of nitrogens with zero attached hydrogens (tertiary/aromatic N) is 1. The van der Waals surface area contributed by atoms with Crippen molar-refractivity contribution in [3.05, 3.63) is 28.5 Å². The second kappa shape index (κ2) is 4.66. The van der Waals surface area contributed by atoms with Gasteiger partial charge in [-0.05, 0) is 31.0 Å². The van der Waals surface area contributed by atoms with E-state index in [0.29, 0.717) is 4.47 Å². The molecule has 0 N–H and O–H groups in total. The Morgan fingerprint density at radius 3 is 2.53 bits per heavy atom. The normalized spacial score (nSPS) is 17.2. The predicted octanol–water partition coefficient (Wildman–Crippen LogP) is 2.76. The van der Waals surface area contributed by atoms with Crippen molar-refractivity contribution < 1.29 is 12.8 Å². The van der Waals surface area contributed by atoms with Crippen molar-refractivity contribution in [1.29, 1.82) is 0 Å². The first-order valence-electron chi connectivity index (χ1n) is 5.36. The molecule has 94 valence electrons. The van der Waals surface area contributed by atoms with E-state index in [-0.39, 0.29) is 10.9 Å². The minimum absolute atomic E-state index is 0.0167. The molecular formula is C11H13BrFNO2S. The molecule has 0 aromatic heterocycles. The van der Waals surface area contributed by atoms with E-state index in [4.69, 9.17) is 0 Å². The van der Waals surface area contributed by atoms with Crippen molar-refractivity contribution in [1.82, 2.24) is 4.31 Å². The van der Waals surface area contributed by atoms with E-state index >= 15 is 0 Å². The fourth-order valence-electron chi connectivity index (χ4n) is 1.79. The van der Waals surface area contributed by atoms with E-state index < -0.39 is 15.8 Å². The molecule has 6 heteroatoms. The van der Waals surface area contributed by atoms with Gasteiger partial charge in [0.1, 0.15) is 10.7 Å². The highest BCUT2D eigenvalue weighted by Crippen LogP contribution is 2.30. The minimum Gasteiger partial charge on any atom is -0.207 e. The summed E-state index contributed by atoms with van der Waals surface area (Å²) in [6.07, 6.45) is 2.75. The van der Waals surface area contributed by atoms with Gasteiger partial charge in [0, 0.05) is 17.6 Å². The van der Waals surface area contributed by atoms with Gasteiger partial charge < -0.3 is 0 Å². The number of benzene rings is 1. The van der Waals surface area contributed by atoms with Crippen LogP contribution in [0.1, 0.15) is 19.3 Å². The third-order valence-corrected chi connectivity index (χ3v) is 5.58. The monoisotopic (exact) mass is 321 g/mol. The van der Waals surface area contributed by atoms with Gasteiger partial charge in [-0.15, -0.1) is 0 Å². The first-order chi connectivity index (χ1) is 7.93. The molecule has 1 aromatic rings. The van der Waals surface area contributed by atoms with Gasteiger partial charge in [-0.2, -0.15) is 4.31 Å². The lowest BCUT2D eigenvalue weighted by molar-refractivity contribution is 0.249. The zero-order valence-electron chi connectivity index (χ0n) is 9.36. The van der Waals surface area contributed by atoms with Crippen LogP contribution in [-0.4, -0.2) is 25.8 Å². The van der Waals surface area contributed by atoms with Crippen LogP contribution >= 0.6 is 15.9 Å². The maximum absolute atomic E-state index is 13.7. The SMILES string of the molecule is CN(C1CCC1)S(=O)(=O)c1ccc(Br)cc1F. The molecule has 0 heterocycles. The quantitative estimate of drug-likeness (QED) is 0.858. The summed E-state index contributed by atoms with van der Waals surface area (Å²) in [6, 6.07) is 4.01. The first-order valence-corrected chi connectivity index (χ1v) is 7.59. The molecule has 1 saturated carbocycles. The van der Waals surface area contributed by atoms with Gasteiger partial charge in [0.25, 0.3) is 0 Å². The minimum atomic E-state index is -3.71. The zero-order chi connectivity index (χ0) is 12.6. The molecule has 1 aliphatic carbocycles. The Morgan fingerprint density at radius 1 is 1.41 bits per heavy atom. The van der Waals surface area contributed by atoms with Crippen LogP contribution in [0.5, 0.6) is 0 Å². The second-order valence-electron chi connectivity index (χ2n) is 4.18. The smallest absolute Gasteiger partial charge is 0.207 e.